The number of unbranched alkanes of at least 4 members (excludes halogenated alkanes) is 2. The molecule has 0 bridgehead atoms. The third kappa shape index (κ3) is 4.23. The van der Waals surface area contributed by atoms with E-state index in [4.69, 9.17) is 4.98 Å². The molecule has 2 N–H and O–H groups in total. The number of imidazole rings is 1. The summed E-state index contributed by atoms with van der Waals surface area (Å²) in [7, 11) is 0. The van der Waals surface area contributed by atoms with E-state index in [1.807, 2.05) is 18.2 Å². The number of nitrogens with zero attached hydrogens (tertiary/aromatic N) is 3. The average Bonchev–Trinajstić information content (AvgIpc) is 3.12. The smallest absolute Gasteiger partial charge is 0.157 e. The van der Waals surface area contributed by atoms with Gasteiger partial charge in [-0.25, -0.2) is 4.98 Å². The predicted octanol–water partition coefficient (Wildman–Crippen LogP) is 3.74. The first-order chi connectivity index (χ1) is 14.2. The van der Waals surface area contributed by atoms with Crippen molar-refractivity contribution in [3.8, 4) is 6.07 Å². The summed E-state index contributed by atoms with van der Waals surface area (Å²) in [4.78, 5) is 6.40. The number of aromatic nitrogens is 2. The maximum atomic E-state index is 9.91. The Morgan fingerprint density at radius 2 is 1.90 bits per heavy atom. The Morgan fingerprint density at radius 1 is 1.14 bits per heavy atom. The lowest BCUT2D eigenvalue weighted by Gasteiger charge is -2.20. The van der Waals surface area contributed by atoms with Gasteiger partial charge in [-0.15, -0.1) is 0 Å². The fourth-order valence-corrected chi connectivity index (χ4v) is 4.19. The van der Waals surface area contributed by atoms with Crippen LogP contribution in [-0.4, -0.2) is 35.6 Å². The second-order valence-corrected chi connectivity index (χ2v) is 7.79. The summed E-state index contributed by atoms with van der Waals surface area (Å²) in [6.45, 7) is 13.0. The number of rotatable bonds is 10. The van der Waals surface area contributed by atoms with E-state index in [0.29, 0.717) is 5.56 Å². The summed E-state index contributed by atoms with van der Waals surface area (Å²) in [6, 6.07) is 10.6. The first-order valence-corrected chi connectivity index (χ1v) is 11.1. The Bertz CT molecular complexity index is 1010. The van der Waals surface area contributed by atoms with Crippen LogP contribution in [0.5, 0.6) is 0 Å². The minimum absolute atomic E-state index is 0.701. The Labute approximate surface area is 174 Å². The van der Waals surface area contributed by atoms with E-state index in [9.17, 15) is 5.26 Å². The van der Waals surface area contributed by atoms with E-state index in [1.165, 1.54) is 18.4 Å². The Balaban J connectivity index is 2.15. The SMILES string of the molecule is CCCCCc1c(C)c(C#N)c2nc3ccccc3n2c1NCC[NH+](CC)CC. The van der Waals surface area contributed by atoms with Gasteiger partial charge >= 0.3 is 0 Å². The molecule has 0 saturated heterocycles. The van der Waals surface area contributed by atoms with Crippen molar-refractivity contribution in [3.63, 3.8) is 0 Å². The fourth-order valence-electron chi connectivity index (χ4n) is 4.19. The van der Waals surface area contributed by atoms with Crippen molar-refractivity contribution in [3.05, 3.63) is 41.0 Å². The van der Waals surface area contributed by atoms with Crippen LogP contribution < -0.4 is 10.2 Å². The number of likely N-dealkylation sites (N-methyl/N-ethyl adjacent to an activating group) is 1. The van der Waals surface area contributed by atoms with E-state index in [-0.39, 0.29) is 0 Å². The molecule has 3 rings (SSSR count). The van der Waals surface area contributed by atoms with Crippen LogP contribution in [0.15, 0.2) is 24.3 Å². The third-order valence-electron chi connectivity index (χ3n) is 6.03. The van der Waals surface area contributed by atoms with Crippen molar-refractivity contribution >= 4 is 22.5 Å². The number of para-hydroxylation sites is 2. The van der Waals surface area contributed by atoms with Crippen LogP contribution in [0.3, 0.4) is 0 Å². The first-order valence-electron chi connectivity index (χ1n) is 11.1. The Morgan fingerprint density at radius 3 is 2.59 bits per heavy atom. The number of pyridine rings is 1. The van der Waals surface area contributed by atoms with Gasteiger partial charge < -0.3 is 10.2 Å². The lowest BCUT2D eigenvalue weighted by molar-refractivity contribution is -0.894. The largest absolute Gasteiger partial charge is 0.365 e. The third-order valence-corrected chi connectivity index (χ3v) is 6.03. The molecule has 0 aliphatic heterocycles. The van der Waals surface area contributed by atoms with Gasteiger partial charge in [0.15, 0.2) is 5.65 Å². The van der Waals surface area contributed by atoms with E-state index in [0.717, 1.165) is 67.1 Å². The van der Waals surface area contributed by atoms with Gasteiger partial charge in [0.25, 0.3) is 0 Å². The van der Waals surface area contributed by atoms with Crippen molar-refractivity contribution in [1.82, 2.24) is 9.38 Å². The Kier molecular flexibility index (Phi) is 7.11. The lowest BCUT2D eigenvalue weighted by atomic mass is 9.99. The highest BCUT2D eigenvalue weighted by molar-refractivity contribution is 5.86. The van der Waals surface area contributed by atoms with Crippen LogP contribution in [0, 0.1) is 18.3 Å². The quantitative estimate of drug-likeness (QED) is 0.517. The summed E-state index contributed by atoms with van der Waals surface area (Å²) in [5.41, 5.74) is 5.81. The van der Waals surface area contributed by atoms with Gasteiger partial charge in [0.2, 0.25) is 0 Å². The number of benzene rings is 1. The minimum atomic E-state index is 0.701. The number of fused-ring (bicyclic) bond motifs is 3. The van der Waals surface area contributed by atoms with Crippen LogP contribution in [0.4, 0.5) is 5.82 Å². The van der Waals surface area contributed by atoms with Gasteiger partial charge in [-0.05, 0) is 56.9 Å². The maximum Gasteiger partial charge on any atom is 0.157 e. The summed E-state index contributed by atoms with van der Waals surface area (Å²) >= 11 is 0. The highest BCUT2D eigenvalue weighted by Crippen LogP contribution is 2.31. The summed E-state index contributed by atoms with van der Waals surface area (Å²) < 4.78 is 2.18. The normalized spacial score (nSPS) is 11.4. The van der Waals surface area contributed by atoms with E-state index < -0.39 is 0 Å². The maximum absolute atomic E-state index is 9.91. The van der Waals surface area contributed by atoms with Crippen molar-refractivity contribution in [2.45, 2.75) is 53.4 Å². The molecular formula is C24H34N5+. The molecule has 0 saturated carbocycles. The molecule has 0 unspecified atom stereocenters. The molecule has 5 nitrogen and oxygen atoms in total. The molecule has 0 aliphatic carbocycles. The van der Waals surface area contributed by atoms with Crippen molar-refractivity contribution < 1.29 is 4.90 Å². The fraction of sp³-hybridized carbons (Fsp3) is 0.500. The molecule has 0 aliphatic rings. The number of nitriles is 1. The zero-order chi connectivity index (χ0) is 20.8. The number of nitrogens with one attached hydrogen (secondary N) is 2. The molecule has 0 fully saturated rings. The van der Waals surface area contributed by atoms with Gasteiger partial charge in [0, 0.05) is 0 Å². The average molecular weight is 393 g/mol. The second kappa shape index (κ2) is 9.76. The number of hydrogen-bond acceptors (Lipinski definition) is 3. The van der Waals surface area contributed by atoms with Crippen LogP contribution in [0.25, 0.3) is 16.7 Å². The van der Waals surface area contributed by atoms with Gasteiger partial charge in [0.1, 0.15) is 11.9 Å². The standard InChI is InChI=1S/C24H33N5/c1-5-8-9-12-19-18(4)20(17-25)24-27-21-13-10-11-14-22(21)29(24)23(19)26-15-16-28(6-2)7-3/h10-11,13-14,26H,5-9,12,15-16H2,1-4H3/p+1. The van der Waals surface area contributed by atoms with E-state index in [2.05, 4.69) is 49.5 Å². The molecule has 2 heterocycles. The van der Waals surface area contributed by atoms with E-state index >= 15 is 0 Å². The highest BCUT2D eigenvalue weighted by atomic mass is 15.2. The lowest BCUT2D eigenvalue weighted by Crippen LogP contribution is -3.12. The number of hydrogen-bond donors (Lipinski definition) is 2. The van der Waals surface area contributed by atoms with Crippen molar-refractivity contribution in [2.24, 2.45) is 0 Å². The van der Waals surface area contributed by atoms with Gasteiger partial charge in [-0.1, -0.05) is 31.9 Å². The molecule has 3 aromatic rings. The monoisotopic (exact) mass is 392 g/mol. The minimum Gasteiger partial charge on any atom is -0.365 e. The van der Waals surface area contributed by atoms with Gasteiger partial charge in [0.05, 0.1) is 42.8 Å². The topological polar surface area (TPSA) is 57.6 Å². The molecule has 5 heteroatoms. The van der Waals surface area contributed by atoms with Gasteiger partial charge in [-0.2, -0.15) is 5.26 Å². The molecule has 0 atom stereocenters. The van der Waals surface area contributed by atoms with Crippen LogP contribution >= 0.6 is 0 Å². The number of quaternary nitrogens is 1. The van der Waals surface area contributed by atoms with E-state index in [1.54, 1.807) is 4.90 Å². The van der Waals surface area contributed by atoms with Crippen molar-refractivity contribution in [1.29, 1.82) is 5.26 Å². The molecular weight excluding hydrogens is 358 g/mol. The summed E-state index contributed by atoms with van der Waals surface area (Å²) in [6.07, 6.45) is 4.51. The predicted molar refractivity (Wildman–Crippen MR) is 121 cm³/mol. The molecule has 0 amide bonds. The zero-order valence-electron chi connectivity index (χ0n) is 18.3. The summed E-state index contributed by atoms with van der Waals surface area (Å²) in [5, 5.41) is 13.7. The first kappa shape index (κ1) is 21.1. The molecule has 2 aromatic heterocycles. The Hall–Kier alpha value is -2.58. The van der Waals surface area contributed by atoms with Crippen LogP contribution in [0.2, 0.25) is 0 Å². The highest BCUT2D eigenvalue weighted by Gasteiger charge is 2.20. The van der Waals surface area contributed by atoms with Crippen LogP contribution in [-0.2, 0) is 6.42 Å². The zero-order valence-corrected chi connectivity index (χ0v) is 18.3. The number of anilines is 1. The molecule has 0 radical (unpaired) electrons. The van der Waals surface area contributed by atoms with Crippen LogP contribution in [0.1, 0.15) is 56.7 Å². The molecule has 0 spiro atoms. The summed E-state index contributed by atoms with van der Waals surface area (Å²) in [5.74, 6) is 1.12. The molecule has 29 heavy (non-hydrogen) atoms. The second-order valence-electron chi connectivity index (χ2n) is 7.79. The molecule has 154 valence electrons. The van der Waals surface area contributed by atoms with Gasteiger partial charge in [-0.3, -0.25) is 4.40 Å². The molecule has 1 aromatic carbocycles. The van der Waals surface area contributed by atoms with Crippen molar-refractivity contribution in [2.75, 3.05) is 31.5 Å².